The predicted octanol–water partition coefficient (Wildman–Crippen LogP) is 3.94. The van der Waals surface area contributed by atoms with Crippen molar-refractivity contribution in [2.75, 3.05) is 0 Å². The second-order valence-electron chi connectivity index (χ2n) is 5.31. The van der Waals surface area contributed by atoms with Gasteiger partial charge in [0.15, 0.2) is 0 Å². The highest BCUT2D eigenvalue weighted by atomic mass is 14.7. The molecule has 98 valence electrons. The summed E-state index contributed by atoms with van der Waals surface area (Å²) in [4.78, 5) is 11.0. The third-order valence-corrected chi connectivity index (χ3v) is 3.69. The average molecular weight is 261 g/mol. The molecule has 20 heavy (non-hydrogen) atoms. The van der Waals surface area contributed by atoms with E-state index in [0.717, 1.165) is 11.9 Å². The fraction of sp³-hybridized carbons (Fsp3) is 0.118. The van der Waals surface area contributed by atoms with Gasteiger partial charge < -0.3 is 9.97 Å². The molecule has 3 heteroatoms. The second kappa shape index (κ2) is 4.23. The first-order valence-corrected chi connectivity index (χ1v) is 6.78. The van der Waals surface area contributed by atoms with Crippen molar-refractivity contribution in [2.24, 2.45) is 0 Å². The summed E-state index contributed by atoms with van der Waals surface area (Å²) >= 11 is 0. The first-order chi connectivity index (χ1) is 9.78. The van der Waals surface area contributed by atoms with Gasteiger partial charge in [-0.25, -0.2) is 0 Å². The quantitative estimate of drug-likeness (QED) is 0.564. The molecule has 0 bridgehead atoms. The van der Waals surface area contributed by atoms with E-state index in [2.05, 4.69) is 52.2 Å². The molecule has 1 aromatic carbocycles. The highest BCUT2D eigenvalue weighted by Crippen LogP contribution is 2.20. The van der Waals surface area contributed by atoms with Gasteiger partial charge in [-0.1, -0.05) is 12.1 Å². The van der Waals surface area contributed by atoms with Gasteiger partial charge in [-0.15, -0.1) is 0 Å². The molecular weight excluding hydrogens is 246 g/mol. The first-order valence-electron chi connectivity index (χ1n) is 6.78. The van der Waals surface area contributed by atoms with Crippen LogP contribution in [0.25, 0.3) is 21.8 Å². The molecule has 2 N–H and O–H groups in total. The van der Waals surface area contributed by atoms with Crippen molar-refractivity contribution in [3.8, 4) is 0 Å². The van der Waals surface area contributed by atoms with E-state index in [4.69, 9.17) is 0 Å². The monoisotopic (exact) mass is 261 g/mol. The van der Waals surface area contributed by atoms with Gasteiger partial charge in [0.1, 0.15) is 0 Å². The lowest BCUT2D eigenvalue weighted by Gasteiger charge is -1.99. The summed E-state index contributed by atoms with van der Waals surface area (Å²) in [6.45, 7) is 2.09. The highest BCUT2D eigenvalue weighted by molar-refractivity contribution is 5.81. The number of hydrogen-bond donors (Lipinski definition) is 2. The van der Waals surface area contributed by atoms with Crippen LogP contribution in [0.2, 0.25) is 0 Å². The van der Waals surface area contributed by atoms with E-state index in [1.165, 1.54) is 33.2 Å². The lowest BCUT2D eigenvalue weighted by molar-refractivity contribution is 1.12. The zero-order valence-electron chi connectivity index (χ0n) is 11.3. The van der Waals surface area contributed by atoms with E-state index < -0.39 is 0 Å². The minimum atomic E-state index is 0.905. The lowest BCUT2D eigenvalue weighted by Crippen LogP contribution is -1.87. The van der Waals surface area contributed by atoms with Crippen molar-refractivity contribution in [1.29, 1.82) is 0 Å². The molecule has 0 spiro atoms. The normalized spacial score (nSPS) is 11.4. The summed E-state index contributed by atoms with van der Waals surface area (Å²) in [6, 6.07) is 13.0. The minimum absolute atomic E-state index is 0.905. The van der Waals surface area contributed by atoms with Gasteiger partial charge in [-0.05, 0) is 42.1 Å². The molecule has 0 fully saturated rings. The van der Waals surface area contributed by atoms with Crippen LogP contribution in [-0.2, 0) is 6.42 Å². The summed E-state index contributed by atoms with van der Waals surface area (Å²) in [7, 11) is 0. The van der Waals surface area contributed by atoms with E-state index in [1.807, 2.05) is 18.5 Å². The molecule has 0 saturated carbocycles. The van der Waals surface area contributed by atoms with Crippen LogP contribution in [0.5, 0.6) is 0 Å². The molecule has 0 saturated heterocycles. The third-order valence-electron chi connectivity index (χ3n) is 3.69. The maximum atomic E-state index is 4.15. The summed E-state index contributed by atoms with van der Waals surface area (Å²) in [5.41, 5.74) is 6.08. The zero-order chi connectivity index (χ0) is 13.5. The number of nitrogens with zero attached hydrogens (tertiary/aromatic N) is 1. The Balaban J connectivity index is 1.72. The van der Waals surface area contributed by atoms with Gasteiger partial charge >= 0.3 is 0 Å². The van der Waals surface area contributed by atoms with Crippen LogP contribution in [0.4, 0.5) is 0 Å². The number of hydrogen-bond acceptors (Lipinski definition) is 1. The van der Waals surface area contributed by atoms with E-state index >= 15 is 0 Å². The number of rotatable bonds is 2. The number of aryl methyl sites for hydroxylation is 1. The molecule has 3 heterocycles. The van der Waals surface area contributed by atoms with Crippen LogP contribution in [0.3, 0.4) is 0 Å². The van der Waals surface area contributed by atoms with Gasteiger partial charge in [-0.2, -0.15) is 0 Å². The summed E-state index contributed by atoms with van der Waals surface area (Å²) in [6.07, 6.45) is 4.62. The van der Waals surface area contributed by atoms with Gasteiger partial charge in [0.25, 0.3) is 0 Å². The van der Waals surface area contributed by atoms with Crippen LogP contribution in [0.15, 0.2) is 48.8 Å². The third kappa shape index (κ3) is 1.88. The van der Waals surface area contributed by atoms with Crippen molar-refractivity contribution in [1.82, 2.24) is 15.0 Å². The molecule has 0 amide bonds. The number of pyridine rings is 1. The fourth-order valence-corrected chi connectivity index (χ4v) is 2.78. The highest BCUT2D eigenvalue weighted by Gasteiger charge is 2.04. The topological polar surface area (TPSA) is 44.5 Å². The van der Waals surface area contributed by atoms with Crippen molar-refractivity contribution in [3.63, 3.8) is 0 Å². The average Bonchev–Trinajstić information content (AvgIpc) is 2.99. The van der Waals surface area contributed by atoms with Gasteiger partial charge in [0.2, 0.25) is 0 Å². The SMILES string of the molecule is Cc1cc2ccc(Cc3cc4cnccc4[nH]3)cc2[nH]1. The van der Waals surface area contributed by atoms with Crippen LogP contribution < -0.4 is 0 Å². The van der Waals surface area contributed by atoms with Gasteiger partial charge in [0, 0.05) is 46.6 Å². The van der Waals surface area contributed by atoms with Crippen molar-refractivity contribution < 1.29 is 0 Å². The molecule has 0 aliphatic heterocycles. The Morgan fingerprint density at radius 1 is 0.950 bits per heavy atom. The van der Waals surface area contributed by atoms with E-state index in [1.54, 1.807) is 0 Å². The number of nitrogens with one attached hydrogen (secondary N) is 2. The predicted molar refractivity (Wildman–Crippen MR) is 81.9 cm³/mol. The largest absolute Gasteiger partial charge is 0.359 e. The second-order valence-corrected chi connectivity index (χ2v) is 5.31. The summed E-state index contributed by atoms with van der Waals surface area (Å²) in [5, 5.41) is 2.44. The smallest absolute Gasteiger partial charge is 0.0487 e. The minimum Gasteiger partial charge on any atom is -0.359 e. The van der Waals surface area contributed by atoms with Crippen molar-refractivity contribution in [2.45, 2.75) is 13.3 Å². The van der Waals surface area contributed by atoms with Crippen molar-refractivity contribution in [3.05, 3.63) is 65.7 Å². The number of aromatic amines is 2. The standard InChI is InChI=1S/C17H15N3/c1-11-6-13-3-2-12(8-17(13)19-11)7-15-9-14-10-18-5-4-16(14)20-15/h2-6,8-10,19-20H,7H2,1H3. The lowest BCUT2D eigenvalue weighted by atomic mass is 10.1. The van der Waals surface area contributed by atoms with Crippen LogP contribution in [0.1, 0.15) is 17.0 Å². The maximum absolute atomic E-state index is 4.15. The Labute approximate surface area is 116 Å². The van der Waals surface area contributed by atoms with E-state index in [-0.39, 0.29) is 0 Å². The first kappa shape index (κ1) is 11.3. The molecule has 4 aromatic rings. The number of fused-ring (bicyclic) bond motifs is 2. The Kier molecular flexibility index (Phi) is 2.39. The molecule has 0 atom stereocenters. The molecule has 0 unspecified atom stereocenters. The number of aromatic nitrogens is 3. The Bertz CT molecular complexity index is 866. The molecule has 0 radical (unpaired) electrons. The van der Waals surface area contributed by atoms with Gasteiger partial charge in [0.05, 0.1) is 0 Å². The molecule has 4 rings (SSSR count). The summed E-state index contributed by atoms with van der Waals surface area (Å²) in [5.74, 6) is 0. The van der Waals surface area contributed by atoms with E-state index in [9.17, 15) is 0 Å². The Morgan fingerprint density at radius 3 is 2.80 bits per heavy atom. The van der Waals surface area contributed by atoms with Crippen LogP contribution in [0, 0.1) is 6.92 Å². The van der Waals surface area contributed by atoms with E-state index in [0.29, 0.717) is 0 Å². The molecule has 0 aliphatic carbocycles. The zero-order valence-corrected chi connectivity index (χ0v) is 11.3. The number of H-pyrrole nitrogens is 2. The molecular formula is C17H15N3. The molecule has 3 nitrogen and oxygen atoms in total. The Morgan fingerprint density at radius 2 is 1.90 bits per heavy atom. The fourth-order valence-electron chi connectivity index (χ4n) is 2.78. The molecule has 0 aliphatic rings. The number of benzene rings is 1. The van der Waals surface area contributed by atoms with Crippen LogP contribution in [-0.4, -0.2) is 15.0 Å². The van der Waals surface area contributed by atoms with Crippen LogP contribution >= 0.6 is 0 Å². The summed E-state index contributed by atoms with van der Waals surface area (Å²) < 4.78 is 0. The van der Waals surface area contributed by atoms with Crippen molar-refractivity contribution >= 4 is 21.8 Å². The van der Waals surface area contributed by atoms with Gasteiger partial charge in [-0.3, -0.25) is 4.98 Å². The maximum Gasteiger partial charge on any atom is 0.0487 e. The molecule has 3 aromatic heterocycles. The Hall–Kier alpha value is -2.55.